The van der Waals surface area contributed by atoms with E-state index < -0.39 is 12.5 Å². The van der Waals surface area contributed by atoms with Crippen LogP contribution in [0.3, 0.4) is 0 Å². The summed E-state index contributed by atoms with van der Waals surface area (Å²) in [4.78, 5) is 13.0. The monoisotopic (exact) mass is 138 g/mol. The minimum absolute atomic E-state index is 0.451. The van der Waals surface area contributed by atoms with Crippen LogP contribution in [-0.2, 0) is 9.63 Å². The van der Waals surface area contributed by atoms with Gasteiger partial charge >= 0.3 is 6.61 Å². The van der Waals surface area contributed by atoms with Crippen LogP contribution in [0.4, 0.5) is 8.78 Å². The van der Waals surface area contributed by atoms with E-state index in [0.29, 0.717) is 6.21 Å². The largest absolute Gasteiger partial charge is 0.407 e. The maximum atomic E-state index is 11.0. The standard InChI is InChI=1S/C3H4F2N2O2/c4-3(5)9-7-1-2(6)8/h1,3H,(H2,6,8)/b7-1-. The minimum atomic E-state index is -3.01. The topological polar surface area (TPSA) is 64.7 Å². The third kappa shape index (κ3) is 6.80. The molecule has 0 rings (SSSR count). The average molecular weight is 138 g/mol. The summed E-state index contributed by atoms with van der Waals surface area (Å²) in [5, 5.41) is 2.52. The second-order valence-electron chi connectivity index (χ2n) is 1.00. The molecule has 0 aromatic heterocycles. The van der Waals surface area contributed by atoms with Crippen molar-refractivity contribution >= 4 is 12.1 Å². The molecule has 1 amide bonds. The van der Waals surface area contributed by atoms with Crippen molar-refractivity contribution in [3.8, 4) is 0 Å². The van der Waals surface area contributed by atoms with Gasteiger partial charge in [-0.15, -0.1) is 0 Å². The number of alkyl halides is 2. The van der Waals surface area contributed by atoms with E-state index in [4.69, 9.17) is 0 Å². The van der Waals surface area contributed by atoms with Crippen molar-refractivity contribution in [2.24, 2.45) is 10.9 Å². The molecule has 0 spiro atoms. The minimum Gasteiger partial charge on any atom is -0.365 e. The summed E-state index contributed by atoms with van der Waals surface area (Å²) in [6, 6.07) is 0. The van der Waals surface area contributed by atoms with Gasteiger partial charge in [0.15, 0.2) is 0 Å². The highest BCUT2D eigenvalue weighted by Gasteiger charge is 1.97. The van der Waals surface area contributed by atoms with Gasteiger partial charge in [-0.3, -0.25) is 4.79 Å². The number of nitrogens with zero attached hydrogens (tertiary/aromatic N) is 1. The van der Waals surface area contributed by atoms with Crippen molar-refractivity contribution in [3.63, 3.8) is 0 Å². The zero-order valence-corrected chi connectivity index (χ0v) is 4.25. The maximum Gasteiger partial charge on any atom is 0.407 e. The van der Waals surface area contributed by atoms with Gasteiger partial charge in [-0.25, -0.2) is 0 Å². The molecule has 0 aliphatic carbocycles. The lowest BCUT2D eigenvalue weighted by molar-refractivity contribution is -0.128. The van der Waals surface area contributed by atoms with Gasteiger partial charge < -0.3 is 10.6 Å². The van der Waals surface area contributed by atoms with Crippen LogP contribution in [0, 0.1) is 0 Å². The number of rotatable bonds is 3. The number of primary amides is 1. The Balaban J connectivity index is 3.36. The molecule has 0 unspecified atom stereocenters. The maximum absolute atomic E-state index is 11.0. The molecule has 0 atom stereocenters. The van der Waals surface area contributed by atoms with Gasteiger partial charge in [0.2, 0.25) is 0 Å². The van der Waals surface area contributed by atoms with Crippen molar-refractivity contribution in [2.75, 3.05) is 0 Å². The van der Waals surface area contributed by atoms with Gasteiger partial charge in [0, 0.05) is 0 Å². The summed E-state index contributed by atoms with van der Waals surface area (Å²) in [6.07, 6.45) is 0.451. The van der Waals surface area contributed by atoms with Crippen LogP contribution in [0.1, 0.15) is 0 Å². The SMILES string of the molecule is NC(=O)/C=N\OC(F)F. The Bertz CT molecular complexity index is 125. The quantitative estimate of drug-likeness (QED) is 0.429. The Kier molecular flexibility index (Phi) is 3.26. The lowest BCUT2D eigenvalue weighted by atomic mass is 10.7. The summed E-state index contributed by atoms with van der Waals surface area (Å²) in [5.74, 6) is -0.935. The van der Waals surface area contributed by atoms with Crippen molar-refractivity contribution in [3.05, 3.63) is 0 Å². The zero-order chi connectivity index (χ0) is 7.28. The predicted molar refractivity (Wildman–Crippen MR) is 24.8 cm³/mol. The molecule has 52 valence electrons. The Hall–Kier alpha value is -1.20. The highest BCUT2D eigenvalue weighted by atomic mass is 19.3. The van der Waals surface area contributed by atoms with Crippen LogP contribution in [0.2, 0.25) is 0 Å². The molecule has 0 aromatic rings. The normalized spacial score (nSPS) is 10.6. The lowest BCUT2D eigenvalue weighted by Crippen LogP contribution is -2.11. The summed E-state index contributed by atoms with van der Waals surface area (Å²) in [6.45, 7) is -3.01. The van der Waals surface area contributed by atoms with Crippen LogP contribution < -0.4 is 5.73 Å². The molecule has 4 nitrogen and oxygen atoms in total. The number of oxime groups is 1. The zero-order valence-electron chi connectivity index (χ0n) is 4.25. The van der Waals surface area contributed by atoms with Crippen LogP contribution in [-0.4, -0.2) is 18.7 Å². The molecule has 0 bridgehead atoms. The Morgan fingerprint density at radius 3 is 2.67 bits per heavy atom. The summed E-state index contributed by atoms with van der Waals surface area (Å²) in [5.41, 5.74) is 4.47. The number of carbonyl (C=O) groups is 1. The van der Waals surface area contributed by atoms with Crippen molar-refractivity contribution in [1.82, 2.24) is 0 Å². The van der Waals surface area contributed by atoms with E-state index in [-0.39, 0.29) is 0 Å². The number of amides is 1. The van der Waals surface area contributed by atoms with E-state index in [1.807, 2.05) is 0 Å². The molecule has 0 aliphatic rings. The summed E-state index contributed by atoms with van der Waals surface area (Å²) in [7, 11) is 0. The molecule has 9 heavy (non-hydrogen) atoms. The lowest BCUT2D eigenvalue weighted by Gasteiger charge is -1.90. The van der Waals surface area contributed by atoms with Gasteiger partial charge in [-0.2, -0.15) is 8.78 Å². The molecular formula is C3H4F2N2O2. The van der Waals surface area contributed by atoms with Gasteiger partial charge in [0.05, 0.1) is 0 Å². The van der Waals surface area contributed by atoms with E-state index in [2.05, 4.69) is 15.7 Å². The van der Waals surface area contributed by atoms with Gasteiger partial charge in [0.25, 0.3) is 5.91 Å². The Morgan fingerprint density at radius 1 is 1.78 bits per heavy atom. The van der Waals surface area contributed by atoms with E-state index in [0.717, 1.165) is 0 Å². The Morgan fingerprint density at radius 2 is 2.33 bits per heavy atom. The fourth-order valence-electron chi connectivity index (χ4n) is 0.128. The van der Waals surface area contributed by atoms with Crippen LogP contribution in [0.5, 0.6) is 0 Å². The number of hydrogen-bond donors (Lipinski definition) is 1. The third-order valence-corrected chi connectivity index (χ3v) is 0.320. The average Bonchev–Trinajstić information content (AvgIpc) is 1.63. The van der Waals surface area contributed by atoms with E-state index in [1.54, 1.807) is 0 Å². The smallest absolute Gasteiger partial charge is 0.365 e. The van der Waals surface area contributed by atoms with E-state index in [1.165, 1.54) is 0 Å². The first kappa shape index (κ1) is 7.80. The van der Waals surface area contributed by atoms with Crippen molar-refractivity contribution in [1.29, 1.82) is 0 Å². The molecule has 0 saturated carbocycles. The highest BCUT2D eigenvalue weighted by molar-refractivity contribution is 6.25. The van der Waals surface area contributed by atoms with Gasteiger partial charge in [-0.05, 0) is 0 Å². The summed E-state index contributed by atoms with van der Waals surface area (Å²) < 4.78 is 22.0. The molecule has 0 fully saturated rings. The molecule has 0 saturated heterocycles. The molecule has 2 N–H and O–H groups in total. The molecule has 0 aromatic carbocycles. The number of nitrogens with two attached hydrogens (primary N) is 1. The van der Waals surface area contributed by atoms with Gasteiger partial charge in [-0.1, -0.05) is 5.16 Å². The third-order valence-electron chi connectivity index (χ3n) is 0.320. The molecule has 6 heteroatoms. The first-order valence-corrected chi connectivity index (χ1v) is 1.89. The fraction of sp³-hybridized carbons (Fsp3) is 0.333. The second kappa shape index (κ2) is 3.76. The fourth-order valence-corrected chi connectivity index (χ4v) is 0.128. The van der Waals surface area contributed by atoms with Crippen molar-refractivity contribution < 1.29 is 18.4 Å². The van der Waals surface area contributed by atoms with E-state index in [9.17, 15) is 13.6 Å². The first-order valence-electron chi connectivity index (χ1n) is 1.89. The van der Waals surface area contributed by atoms with Gasteiger partial charge in [0.1, 0.15) is 6.21 Å². The second-order valence-corrected chi connectivity index (χ2v) is 1.00. The predicted octanol–water partition coefficient (Wildman–Crippen LogP) is -0.303. The number of carbonyl (C=O) groups excluding carboxylic acids is 1. The van der Waals surface area contributed by atoms with E-state index >= 15 is 0 Å². The molecule has 0 heterocycles. The van der Waals surface area contributed by atoms with Crippen molar-refractivity contribution in [2.45, 2.75) is 6.61 Å². The molecule has 0 radical (unpaired) electrons. The number of halogens is 2. The highest BCUT2D eigenvalue weighted by Crippen LogP contribution is 1.92. The first-order chi connectivity index (χ1) is 4.13. The van der Waals surface area contributed by atoms with Crippen LogP contribution in [0.25, 0.3) is 0 Å². The van der Waals surface area contributed by atoms with Crippen LogP contribution >= 0.6 is 0 Å². The molecule has 0 aliphatic heterocycles. The summed E-state index contributed by atoms with van der Waals surface area (Å²) >= 11 is 0. The number of hydrogen-bond acceptors (Lipinski definition) is 3. The molecular weight excluding hydrogens is 134 g/mol. The van der Waals surface area contributed by atoms with Crippen LogP contribution in [0.15, 0.2) is 5.16 Å². The Labute approximate surface area is 49.3 Å².